The summed E-state index contributed by atoms with van der Waals surface area (Å²) in [6.45, 7) is 1.26. The summed E-state index contributed by atoms with van der Waals surface area (Å²) in [6, 6.07) is 24.0. The number of amides is 1. The van der Waals surface area contributed by atoms with Crippen LogP contribution in [0.2, 0.25) is 0 Å². The van der Waals surface area contributed by atoms with Crippen molar-refractivity contribution in [2.45, 2.75) is 18.4 Å². The van der Waals surface area contributed by atoms with Crippen LogP contribution >= 0.6 is 0 Å². The van der Waals surface area contributed by atoms with Crippen LogP contribution in [-0.2, 0) is 4.79 Å². The molecule has 3 aromatic carbocycles. The van der Waals surface area contributed by atoms with Crippen LogP contribution in [0.4, 0.5) is 0 Å². The van der Waals surface area contributed by atoms with Crippen LogP contribution in [0.3, 0.4) is 0 Å². The van der Waals surface area contributed by atoms with E-state index in [0.717, 1.165) is 24.2 Å². The Morgan fingerprint density at radius 3 is 2.42 bits per heavy atom. The first-order valence-corrected chi connectivity index (χ1v) is 11.3. The Kier molecular flexibility index (Phi) is 5.78. The van der Waals surface area contributed by atoms with Crippen molar-refractivity contribution < 1.29 is 19.0 Å². The minimum atomic E-state index is -0.360. The zero-order valence-corrected chi connectivity index (χ0v) is 18.7. The monoisotopic (exact) mass is 441 g/mol. The van der Waals surface area contributed by atoms with Gasteiger partial charge in [0.15, 0.2) is 18.1 Å². The molecule has 5 heteroatoms. The van der Waals surface area contributed by atoms with Gasteiger partial charge >= 0.3 is 0 Å². The van der Waals surface area contributed by atoms with E-state index < -0.39 is 0 Å². The van der Waals surface area contributed by atoms with Crippen molar-refractivity contribution in [1.82, 2.24) is 4.90 Å². The van der Waals surface area contributed by atoms with E-state index in [-0.39, 0.29) is 18.1 Å². The number of hydrogen-bond donors (Lipinski definition) is 0. The second-order valence-electron chi connectivity index (χ2n) is 8.44. The smallest absolute Gasteiger partial charge is 0.260 e. The fourth-order valence-electron chi connectivity index (χ4n) is 4.45. The molecule has 5 nitrogen and oxygen atoms in total. The number of benzene rings is 3. The molecule has 3 aromatic rings. The lowest BCUT2D eigenvalue weighted by atomic mass is 9.87. The largest absolute Gasteiger partial charge is 0.493 e. The molecule has 0 aromatic heterocycles. The lowest BCUT2D eigenvalue weighted by Gasteiger charge is -2.42. The van der Waals surface area contributed by atoms with Gasteiger partial charge in [-0.1, -0.05) is 54.6 Å². The predicted molar refractivity (Wildman–Crippen MR) is 129 cm³/mol. The lowest BCUT2D eigenvalue weighted by Crippen LogP contribution is -2.50. The molecule has 168 valence electrons. The maximum Gasteiger partial charge on any atom is 0.260 e. The molecule has 0 atom stereocenters. The standard InChI is InChI=1S/C28H27NO4/c1-31-25-9-5-6-10-26(25)32-20-27(30)29-17-15-28(16-18-29)14-13-23-19-22(11-12-24(23)33-28)21-7-3-2-4-8-21/h2-14,19H,15-18,20H2,1H3. The van der Waals surface area contributed by atoms with Crippen LogP contribution in [-0.4, -0.2) is 43.2 Å². The average molecular weight is 442 g/mol. The van der Waals surface area contributed by atoms with Crippen molar-refractivity contribution in [3.05, 3.63) is 84.4 Å². The number of fused-ring (bicyclic) bond motifs is 1. The number of carbonyl (C=O) groups excluding carboxylic acids is 1. The first-order valence-electron chi connectivity index (χ1n) is 11.3. The summed E-state index contributed by atoms with van der Waals surface area (Å²) in [5.41, 5.74) is 3.09. The van der Waals surface area contributed by atoms with Crippen LogP contribution in [0.15, 0.2) is 78.9 Å². The Bertz CT molecular complexity index is 1160. The highest BCUT2D eigenvalue weighted by Crippen LogP contribution is 2.39. The van der Waals surface area contributed by atoms with Gasteiger partial charge in [0.2, 0.25) is 0 Å². The fraction of sp³-hybridized carbons (Fsp3) is 0.250. The number of methoxy groups -OCH3 is 1. The minimum absolute atomic E-state index is 0.00480. The molecule has 2 aliphatic rings. The molecular weight excluding hydrogens is 414 g/mol. The van der Waals surface area contributed by atoms with Gasteiger partial charge in [-0.05, 0) is 41.5 Å². The zero-order valence-electron chi connectivity index (χ0n) is 18.7. The molecule has 0 N–H and O–H groups in total. The van der Waals surface area contributed by atoms with Gasteiger partial charge in [0.05, 0.1) is 7.11 Å². The maximum absolute atomic E-state index is 12.7. The van der Waals surface area contributed by atoms with Crippen LogP contribution < -0.4 is 14.2 Å². The molecule has 33 heavy (non-hydrogen) atoms. The van der Waals surface area contributed by atoms with E-state index in [4.69, 9.17) is 14.2 Å². The lowest BCUT2D eigenvalue weighted by molar-refractivity contribution is -0.136. The molecule has 5 rings (SSSR count). The third-order valence-corrected chi connectivity index (χ3v) is 6.38. The Morgan fingerprint density at radius 1 is 0.939 bits per heavy atom. The normalized spacial score (nSPS) is 16.1. The highest BCUT2D eigenvalue weighted by molar-refractivity contribution is 5.78. The minimum Gasteiger partial charge on any atom is -0.493 e. The molecule has 0 saturated carbocycles. The number of ether oxygens (including phenoxy) is 3. The van der Waals surface area contributed by atoms with Gasteiger partial charge in [0.25, 0.3) is 5.91 Å². The number of likely N-dealkylation sites (tertiary alicyclic amines) is 1. The Labute approximate surface area is 194 Å². The second kappa shape index (κ2) is 9.02. The van der Waals surface area contributed by atoms with Crippen LogP contribution in [0.1, 0.15) is 18.4 Å². The van der Waals surface area contributed by atoms with E-state index in [9.17, 15) is 4.79 Å². The first kappa shape index (κ1) is 21.1. The summed E-state index contributed by atoms with van der Waals surface area (Å²) < 4.78 is 17.5. The highest BCUT2D eigenvalue weighted by atomic mass is 16.5. The Morgan fingerprint density at radius 2 is 1.67 bits per heavy atom. The molecule has 2 heterocycles. The van der Waals surface area contributed by atoms with Crippen molar-refractivity contribution in [1.29, 1.82) is 0 Å². The Balaban J connectivity index is 1.20. The second-order valence-corrected chi connectivity index (χ2v) is 8.44. The third-order valence-electron chi connectivity index (χ3n) is 6.38. The topological polar surface area (TPSA) is 48.0 Å². The van der Waals surface area contributed by atoms with Gasteiger partial charge in [-0.25, -0.2) is 0 Å². The zero-order chi connectivity index (χ0) is 22.7. The summed E-state index contributed by atoms with van der Waals surface area (Å²) in [7, 11) is 1.59. The van der Waals surface area contributed by atoms with Gasteiger partial charge in [0, 0.05) is 31.5 Å². The summed E-state index contributed by atoms with van der Waals surface area (Å²) in [6.07, 6.45) is 5.83. The van der Waals surface area contributed by atoms with Crippen LogP contribution in [0, 0.1) is 0 Å². The summed E-state index contributed by atoms with van der Waals surface area (Å²) in [5.74, 6) is 2.07. The third kappa shape index (κ3) is 4.44. The fourth-order valence-corrected chi connectivity index (χ4v) is 4.45. The molecule has 1 spiro atoms. The highest BCUT2D eigenvalue weighted by Gasteiger charge is 2.38. The molecule has 1 amide bonds. The summed E-state index contributed by atoms with van der Waals surface area (Å²) >= 11 is 0. The van der Waals surface area contributed by atoms with Crippen LogP contribution in [0.5, 0.6) is 17.2 Å². The molecule has 0 unspecified atom stereocenters. The molecule has 0 aliphatic carbocycles. The van der Waals surface area contributed by atoms with E-state index in [2.05, 4.69) is 42.5 Å². The van der Waals surface area contributed by atoms with E-state index in [0.29, 0.717) is 24.6 Å². The van der Waals surface area contributed by atoms with Gasteiger partial charge in [-0.3, -0.25) is 4.79 Å². The van der Waals surface area contributed by atoms with E-state index in [1.165, 1.54) is 11.1 Å². The number of hydrogen-bond acceptors (Lipinski definition) is 4. The van der Waals surface area contributed by atoms with Crippen molar-refractivity contribution in [2.75, 3.05) is 26.8 Å². The molecule has 1 saturated heterocycles. The van der Waals surface area contributed by atoms with Gasteiger partial charge in [-0.2, -0.15) is 0 Å². The van der Waals surface area contributed by atoms with Crippen molar-refractivity contribution in [2.24, 2.45) is 0 Å². The van der Waals surface area contributed by atoms with Crippen molar-refractivity contribution >= 4 is 12.0 Å². The maximum atomic E-state index is 12.7. The number of rotatable bonds is 5. The predicted octanol–water partition coefficient (Wildman–Crippen LogP) is 5.21. The molecule has 1 fully saturated rings. The van der Waals surface area contributed by atoms with Gasteiger partial charge in [0.1, 0.15) is 11.4 Å². The molecular formula is C28H27NO4. The average Bonchev–Trinajstić information content (AvgIpc) is 2.88. The number of piperidine rings is 1. The first-order chi connectivity index (χ1) is 16.2. The van der Waals surface area contributed by atoms with E-state index in [1.54, 1.807) is 13.2 Å². The number of para-hydroxylation sites is 2. The Hall–Kier alpha value is -3.73. The molecule has 2 aliphatic heterocycles. The van der Waals surface area contributed by atoms with Crippen LogP contribution in [0.25, 0.3) is 17.2 Å². The number of nitrogens with zero attached hydrogens (tertiary/aromatic N) is 1. The SMILES string of the molecule is COc1ccccc1OCC(=O)N1CCC2(C=Cc3cc(-c4ccccc4)ccc3O2)CC1. The summed E-state index contributed by atoms with van der Waals surface area (Å²) in [5, 5.41) is 0. The quantitative estimate of drug-likeness (QED) is 0.546. The molecule has 0 radical (unpaired) electrons. The van der Waals surface area contributed by atoms with E-state index in [1.807, 2.05) is 41.3 Å². The van der Waals surface area contributed by atoms with Gasteiger partial charge < -0.3 is 19.1 Å². The summed E-state index contributed by atoms with van der Waals surface area (Å²) in [4.78, 5) is 14.6. The van der Waals surface area contributed by atoms with Crippen molar-refractivity contribution in [3.63, 3.8) is 0 Å². The number of carbonyl (C=O) groups is 1. The molecule has 0 bridgehead atoms. The van der Waals surface area contributed by atoms with Gasteiger partial charge in [-0.15, -0.1) is 0 Å². The van der Waals surface area contributed by atoms with Crippen molar-refractivity contribution in [3.8, 4) is 28.4 Å². The van der Waals surface area contributed by atoms with E-state index >= 15 is 0 Å².